The second-order valence-electron chi connectivity index (χ2n) is 18.0. The predicted octanol–water partition coefficient (Wildman–Crippen LogP) is 8.28. The number of ether oxygens (including phenoxy) is 2. The van der Waals surface area contributed by atoms with Crippen LogP contribution in [0.2, 0.25) is 10.0 Å². The van der Waals surface area contributed by atoms with Crippen molar-refractivity contribution in [2.75, 3.05) is 48.9 Å². The van der Waals surface area contributed by atoms with Crippen LogP contribution in [0.3, 0.4) is 0 Å². The summed E-state index contributed by atoms with van der Waals surface area (Å²) in [6, 6.07) is 20.6. The molecule has 1 saturated carbocycles. The van der Waals surface area contributed by atoms with Gasteiger partial charge in [0.05, 0.1) is 30.9 Å². The van der Waals surface area contributed by atoms with Gasteiger partial charge in [-0.25, -0.2) is 4.39 Å². The average Bonchev–Trinajstić information content (AvgIpc) is 3.91. The molecular formula is C51H53Cl2FN6O7. The average molecular weight is 952 g/mol. The molecule has 3 fully saturated rings. The summed E-state index contributed by atoms with van der Waals surface area (Å²) >= 11 is 12.8. The van der Waals surface area contributed by atoms with Gasteiger partial charge in [-0.1, -0.05) is 73.3 Å². The molecule has 2 spiro atoms. The Kier molecular flexibility index (Phi) is 13.5. The summed E-state index contributed by atoms with van der Waals surface area (Å²) in [5.74, 6) is -2.83. The van der Waals surface area contributed by atoms with E-state index in [1.54, 1.807) is 59.5 Å². The van der Waals surface area contributed by atoms with Crippen molar-refractivity contribution in [1.82, 2.24) is 15.5 Å². The Morgan fingerprint density at radius 1 is 0.896 bits per heavy atom. The highest BCUT2D eigenvalue weighted by molar-refractivity contribution is 6.31. The predicted molar refractivity (Wildman–Crippen MR) is 254 cm³/mol. The lowest BCUT2D eigenvalue weighted by Gasteiger charge is -2.47. The highest BCUT2D eigenvalue weighted by atomic mass is 35.5. The van der Waals surface area contributed by atoms with Crippen molar-refractivity contribution in [3.8, 4) is 0 Å². The van der Waals surface area contributed by atoms with Gasteiger partial charge in [-0.15, -0.1) is 0 Å². The molecule has 16 heteroatoms. The zero-order valence-electron chi connectivity index (χ0n) is 37.0. The van der Waals surface area contributed by atoms with Crippen molar-refractivity contribution in [2.45, 2.75) is 93.3 Å². The first-order valence-electron chi connectivity index (χ1n) is 23.0. The minimum Gasteiger partial charge on any atom is -0.382 e. The van der Waals surface area contributed by atoms with Crippen molar-refractivity contribution in [3.05, 3.63) is 135 Å². The maximum Gasteiger partial charge on any atom is 0.255 e. The zero-order chi connectivity index (χ0) is 46.9. The standard InChI is InChI=1S/C51H53Cl2FN6O7/c1-30-13-20-41(46(62)56-30)60-29-36-34(48(60)64)8-6-11-39(36)55-23-25-67-27-26-66-24-7-12-42(61)31-14-17-33(18-15-31)57-47(63)45-43(35-9-5-10-38(53)44(35)54)51(50(59-45)21-3-2-4-22-50)37-19-16-32(52)28-40(37)58-49(51)65/h5-6,8-11,14-19,28,41,43,45,55,59H,1-4,7,12-13,20-27,29H2,(H,56,62)(H,57,63)(H,58,65)/t41?,43-,45+,51+/m0/s1. The lowest BCUT2D eigenvalue weighted by molar-refractivity contribution is -0.126. The third-order valence-electron chi connectivity index (χ3n) is 14.1. The topological polar surface area (TPSA) is 167 Å². The molecule has 9 rings (SSSR count). The normalized spacial score (nSPS) is 22.7. The van der Waals surface area contributed by atoms with Crippen LogP contribution in [0.25, 0.3) is 0 Å². The summed E-state index contributed by atoms with van der Waals surface area (Å²) in [7, 11) is 0. The number of hydrogen-bond donors (Lipinski definition) is 5. The number of nitrogens with one attached hydrogen (secondary N) is 5. The van der Waals surface area contributed by atoms with Crippen LogP contribution in [-0.2, 0) is 35.8 Å². The molecular weight excluding hydrogens is 898 g/mol. The SMILES string of the molecule is C=C1CCC(N2Cc3c(NCCOCCOCCCC(=O)c4ccc(NC(=O)[C@@H]5NC6(CCCCC6)[C@@]6(C(=O)Nc7cc(Cl)ccc76)[C@H]5c5cccc(Cl)c5F)cc4)cccc3C2=O)C(=O)N1. The minimum atomic E-state index is -1.35. The second kappa shape index (κ2) is 19.5. The summed E-state index contributed by atoms with van der Waals surface area (Å²) in [4.78, 5) is 69.6. The number of nitrogens with zero attached hydrogens (tertiary/aromatic N) is 1. The lowest BCUT2D eigenvalue weighted by atomic mass is 9.55. The summed E-state index contributed by atoms with van der Waals surface area (Å²) in [6.07, 6.45) is 5.78. The van der Waals surface area contributed by atoms with E-state index in [9.17, 15) is 24.0 Å². The van der Waals surface area contributed by atoms with E-state index >= 15 is 4.39 Å². The van der Waals surface area contributed by atoms with Gasteiger partial charge in [0.1, 0.15) is 17.3 Å². The molecule has 0 bridgehead atoms. The molecule has 4 aromatic rings. The van der Waals surface area contributed by atoms with E-state index in [4.69, 9.17) is 32.7 Å². The first kappa shape index (κ1) is 46.5. The van der Waals surface area contributed by atoms with E-state index in [0.29, 0.717) is 110 Å². The molecule has 4 amide bonds. The Balaban J connectivity index is 0.752. The monoisotopic (exact) mass is 950 g/mol. The molecule has 4 aromatic carbocycles. The van der Waals surface area contributed by atoms with Crippen LogP contribution in [0, 0.1) is 5.82 Å². The Morgan fingerprint density at radius 3 is 2.43 bits per heavy atom. The number of carbonyl (C=O) groups is 5. The number of piperidine rings is 1. The highest BCUT2D eigenvalue weighted by Crippen LogP contribution is 2.63. The molecule has 5 aliphatic rings. The molecule has 4 atom stereocenters. The van der Waals surface area contributed by atoms with Crippen molar-refractivity contribution in [1.29, 1.82) is 0 Å². The number of rotatable bonds is 16. The largest absolute Gasteiger partial charge is 0.382 e. The zero-order valence-corrected chi connectivity index (χ0v) is 38.5. The van der Waals surface area contributed by atoms with E-state index in [0.717, 1.165) is 30.5 Å². The van der Waals surface area contributed by atoms with E-state index in [2.05, 4.69) is 33.2 Å². The number of hydrogen-bond acceptors (Lipinski definition) is 9. The van der Waals surface area contributed by atoms with Gasteiger partial charge in [0.25, 0.3) is 5.91 Å². The number of ketones is 1. The number of fused-ring (bicyclic) bond motifs is 4. The fourth-order valence-corrected chi connectivity index (χ4v) is 11.4. The maximum atomic E-state index is 16.2. The van der Waals surface area contributed by atoms with E-state index < -0.39 is 40.7 Å². The molecule has 13 nitrogen and oxygen atoms in total. The molecule has 2 saturated heterocycles. The number of Topliss-reactive ketones (excluding diaryl/α,β-unsaturated/α-hetero) is 1. The molecule has 1 unspecified atom stereocenters. The highest BCUT2D eigenvalue weighted by Gasteiger charge is 2.72. The van der Waals surface area contributed by atoms with Crippen LogP contribution in [0.5, 0.6) is 0 Å². The molecule has 4 heterocycles. The van der Waals surface area contributed by atoms with Gasteiger partial charge >= 0.3 is 0 Å². The fraction of sp³-hybridized carbons (Fsp3) is 0.392. The molecule has 67 heavy (non-hydrogen) atoms. The Morgan fingerprint density at radius 2 is 1.66 bits per heavy atom. The minimum absolute atomic E-state index is 0.0740. The van der Waals surface area contributed by atoms with Crippen LogP contribution < -0.4 is 26.6 Å². The van der Waals surface area contributed by atoms with E-state index in [1.165, 1.54) is 6.07 Å². The van der Waals surface area contributed by atoms with Crippen LogP contribution in [0.15, 0.2) is 91.1 Å². The fourth-order valence-electron chi connectivity index (χ4n) is 11.1. The summed E-state index contributed by atoms with van der Waals surface area (Å²) in [6.45, 7) is 6.21. The van der Waals surface area contributed by atoms with Crippen molar-refractivity contribution in [3.63, 3.8) is 0 Å². The molecule has 350 valence electrons. The third-order valence-corrected chi connectivity index (χ3v) is 14.6. The smallest absolute Gasteiger partial charge is 0.255 e. The summed E-state index contributed by atoms with van der Waals surface area (Å²) in [5, 5.41) is 16.1. The number of anilines is 3. The summed E-state index contributed by atoms with van der Waals surface area (Å²) < 4.78 is 27.7. The second-order valence-corrected chi connectivity index (χ2v) is 18.8. The van der Waals surface area contributed by atoms with Gasteiger partial charge in [-0.3, -0.25) is 29.3 Å². The van der Waals surface area contributed by atoms with E-state index in [1.807, 2.05) is 18.2 Å². The first-order chi connectivity index (χ1) is 32.4. The Hall–Kier alpha value is -5.64. The van der Waals surface area contributed by atoms with Crippen molar-refractivity contribution in [2.24, 2.45) is 0 Å². The number of allylic oxidation sites excluding steroid dienone is 1. The summed E-state index contributed by atoms with van der Waals surface area (Å²) in [5.41, 5.74) is 3.06. The number of halogens is 3. The Labute approximate surface area is 398 Å². The van der Waals surface area contributed by atoms with Crippen LogP contribution in [0.1, 0.15) is 101 Å². The van der Waals surface area contributed by atoms with Crippen molar-refractivity contribution >= 4 is 69.7 Å². The molecule has 0 radical (unpaired) electrons. The Bertz CT molecular complexity index is 2620. The van der Waals surface area contributed by atoms with Gasteiger partial charge in [0, 0.05) is 82.0 Å². The van der Waals surface area contributed by atoms with E-state index in [-0.39, 0.29) is 40.5 Å². The van der Waals surface area contributed by atoms with Crippen LogP contribution >= 0.6 is 23.2 Å². The van der Waals surface area contributed by atoms with Crippen LogP contribution in [0.4, 0.5) is 21.5 Å². The molecule has 1 aliphatic carbocycles. The van der Waals surface area contributed by atoms with Gasteiger partial charge in [-0.2, -0.15) is 0 Å². The maximum absolute atomic E-state index is 16.2. The molecule has 4 aliphatic heterocycles. The molecule has 5 N–H and O–H groups in total. The van der Waals surface area contributed by atoms with Gasteiger partial charge < -0.3 is 35.6 Å². The quantitative estimate of drug-likeness (QED) is 0.0549. The van der Waals surface area contributed by atoms with Gasteiger partial charge in [-0.05, 0) is 97.8 Å². The number of amides is 4. The molecule has 0 aromatic heterocycles. The van der Waals surface area contributed by atoms with Gasteiger partial charge in [0.2, 0.25) is 17.7 Å². The third kappa shape index (κ3) is 8.74. The number of carbonyl (C=O) groups excluding carboxylic acids is 5. The van der Waals surface area contributed by atoms with Crippen molar-refractivity contribution < 1.29 is 37.8 Å². The number of benzene rings is 4. The first-order valence-corrected chi connectivity index (χ1v) is 23.8. The van der Waals surface area contributed by atoms with Gasteiger partial charge in [0.15, 0.2) is 5.78 Å². The van der Waals surface area contributed by atoms with Crippen LogP contribution in [-0.4, -0.2) is 84.9 Å². The lowest BCUT2D eigenvalue weighted by Crippen LogP contribution is -2.60.